The molecule has 1 unspecified atom stereocenters. The zero-order chi connectivity index (χ0) is 13.9. The summed E-state index contributed by atoms with van der Waals surface area (Å²) in [6, 6.07) is 6.87. The molecule has 0 radical (unpaired) electrons. The highest BCUT2D eigenvalue weighted by Crippen LogP contribution is 2.23. The molecule has 1 fully saturated rings. The van der Waals surface area contributed by atoms with Crippen LogP contribution < -0.4 is 5.32 Å². The van der Waals surface area contributed by atoms with Gasteiger partial charge in [-0.15, -0.1) is 0 Å². The molecule has 0 amide bonds. The molecule has 2 rings (SSSR count). The van der Waals surface area contributed by atoms with Gasteiger partial charge in [0.25, 0.3) is 0 Å². The quantitative estimate of drug-likeness (QED) is 0.924. The van der Waals surface area contributed by atoms with Gasteiger partial charge in [-0.1, -0.05) is 25.1 Å². The molecule has 19 heavy (non-hydrogen) atoms. The zero-order valence-electron chi connectivity index (χ0n) is 11.1. The Morgan fingerprint density at radius 2 is 1.95 bits per heavy atom. The molecule has 1 heterocycles. The summed E-state index contributed by atoms with van der Waals surface area (Å²) >= 11 is 0. The average Bonchev–Trinajstić information content (AvgIpc) is 2.39. The van der Waals surface area contributed by atoms with Gasteiger partial charge in [0.1, 0.15) is 15.7 Å². The van der Waals surface area contributed by atoms with Crippen LogP contribution in [0, 0.1) is 5.82 Å². The van der Waals surface area contributed by atoms with Crippen LogP contribution in [0.25, 0.3) is 0 Å². The summed E-state index contributed by atoms with van der Waals surface area (Å²) in [6.07, 6.45) is 2.02. The van der Waals surface area contributed by atoms with Gasteiger partial charge in [0, 0.05) is 17.6 Å². The number of sulfone groups is 1. The van der Waals surface area contributed by atoms with Crippen molar-refractivity contribution in [2.45, 2.75) is 38.3 Å². The second kappa shape index (κ2) is 6.01. The Labute approximate surface area is 114 Å². The Morgan fingerprint density at radius 3 is 2.53 bits per heavy atom. The van der Waals surface area contributed by atoms with Crippen LogP contribution in [0.15, 0.2) is 24.3 Å². The molecule has 0 spiro atoms. The van der Waals surface area contributed by atoms with E-state index in [4.69, 9.17) is 0 Å². The van der Waals surface area contributed by atoms with E-state index in [1.54, 1.807) is 12.1 Å². The first-order chi connectivity index (χ1) is 9.02. The minimum Gasteiger partial charge on any atom is -0.307 e. The lowest BCUT2D eigenvalue weighted by molar-refractivity contribution is 0.389. The molecule has 3 nitrogen and oxygen atoms in total. The Balaban J connectivity index is 2.03. The molecular weight excluding hydrogens is 265 g/mol. The molecular formula is C14H20FNO2S. The highest BCUT2D eigenvalue weighted by atomic mass is 32.2. The minimum atomic E-state index is -2.85. The van der Waals surface area contributed by atoms with Crippen LogP contribution in [0.2, 0.25) is 0 Å². The second-order valence-corrected chi connectivity index (χ2v) is 7.38. The summed E-state index contributed by atoms with van der Waals surface area (Å²) in [5.41, 5.74) is 0.665. The molecule has 0 aromatic heterocycles. The van der Waals surface area contributed by atoms with Gasteiger partial charge < -0.3 is 5.32 Å². The number of hydrogen-bond acceptors (Lipinski definition) is 3. The predicted octanol–water partition coefficient (Wildman–Crippen LogP) is 2.44. The van der Waals surface area contributed by atoms with Crippen molar-refractivity contribution in [3.63, 3.8) is 0 Å². The largest absolute Gasteiger partial charge is 0.307 e. The van der Waals surface area contributed by atoms with E-state index in [1.165, 1.54) is 6.07 Å². The molecule has 5 heteroatoms. The fourth-order valence-electron chi connectivity index (χ4n) is 2.53. The molecule has 0 saturated carbocycles. The van der Waals surface area contributed by atoms with Gasteiger partial charge in [0.2, 0.25) is 0 Å². The number of halogens is 1. The van der Waals surface area contributed by atoms with Gasteiger partial charge >= 0.3 is 0 Å². The predicted molar refractivity (Wildman–Crippen MR) is 74.2 cm³/mol. The first-order valence-corrected chi connectivity index (χ1v) is 8.55. The van der Waals surface area contributed by atoms with E-state index in [0.29, 0.717) is 18.4 Å². The highest BCUT2D eigenvalue weighted by Gasteiger charge is 2.25. The van der Waals surface area contributed by atoms with Gasteiger partial charge in [-0.05, 0) is 25.3 Å². The Hall–Kier alpha value is -0.940. The molecule has 1 aliphatic rings. The number of hydrogen-bond donors (Lipinski definition) is 1. The van der Waals surface area contributed by atoms with Crippen molar-refractivity contribution in [3.05, 3.63) is 35.6 Å². The maximum absolute atomic E-state index is 13.8. The third-order valence-electron chi connectivity index (χ3n) is 3.68. The summed E-state index contributed by atoms with van der Waals surface area (Å²) in [6.45, 7) is 2.00. The third-order valence-corrected chi connectivity index (χ3v) is 5.40. The Morgan fingerprint density at radius 1 is 1.32 bits per heavy atom. The van der Waals surface area contributed by atoms with Crippen molar-refractivity contribution in [1.29, 1.82) is 0 Å². The topological polar surface area (TPSA) is 46.2 Å². The first-order valence-electron chi connectivity index (χ1n) is 6.72. The maximum atomic E-state index is 13.8. The molecule has 106 valence electrons. The van der Waals surface area contributed by atoms with Gasteiger partial charge in [-0.25, -0.2) is 12.8 Å². The van der Waals surface area contributed by atoms with Crippen molar-refractivity contribution in [2.24, 2.45) is 0 Å². The van der Waals surface area contributed by atoms with Crippen molar-refractivity contribution in [3.8, 4) is 0 Å². The van der Waals surface area contributed by atoms with Crippen LogP contribution in [0.3, 0.4) is 0 Å². The minimum absolute atomic E-state index is 0.0491. The summed E-state index contributed by atoms with van der Waals surface area (Å²) < 4.78 is 36.5. The number of nitrogens with one attached hydrogen (secondary N) is 1. The van der Waals surface area contributed by atoms with Crippen molar-refractivity contribution in [2.75, 3.05) is 11.5 Å². The van der Waals surface area contributed by atoms with E-state index in [1.807, 2.05) is 13.0 Å². The summed E-state index contributed by atoms with van der Waals surface area (Å²) in [5.74, 6) is 0.266. The normalized spacial score (nSPS) is 21.2. The number of benzene rings is 1. The molecule has 1 aromatic carbocycles. The Kier molecular flexibility index (Phi) is 4.58. The summed E-state index contributed by atoms with van der Waals surface area (Å²) in [4.78, 5) is 0. The lowest BCUT2D eigenvalue weighted by Gasteiger charge is -2.28. The van der Waals surface area contributed by atoms with Gasteiger partial charge in [-0.3, -0.25) is 0 Å². The van der Waals surface area contributed by atoms with Crippen molar-refractivity contribution < 1.29 is 12.8 Å². The van der Waals surface area contributed by atoms with E-state index >= 15 is 0 Å². The first kappa shape index (κ1) is 14.5. The van der Waals surface area contributed by atoms with Gasteiger partial charge in [-0.2, -0.15) is 0 Å². The van der Waals surface area contributed by atoms with Gasteiger partial charge in [0.05, 0.1) is 11.5 Å². The van der Waals surface area contributed by atoms with E-state index < -0.39 is 9.84 Å². The fourth-order valence-corrected chi connectivity index (χ4v) is 4.02. The third kappa shape index (κ3) is 3.76. The van der Waals surface area contributed by atoms with Gasteiger partial charge in [0.15, 0.2) is 0 Å². The van der Waals surface area contributed by atoms with E-state index in [-0.39, 0.29) is 29.4 Å². The lowest BCUT2D eigenvalue weighted by Crippen LogP contribution is -2.39. The lowest BCUT2D eigenvalue weighted by atomic mass is 10.0. The molecule has 1 aromatic rings. The zero-order valence-corrected chi connectivity index (χ0v) is 11.9. The maximum Gasteiger partial charge on any atom is 0.150 e. The van der Waals surface area contributed by atoms with Crippen molar-refractivity contribution >= 4 is 9.84 Å². The van der Waals surface area contributed by atoms with Crippen LogP contribution in [0.4, 0.5) is 4.39 Å². The molecule has 1 aliphatic heterocycles. The number of rotatable bonds is 4. The molecule has 0 aliphatic carbocycles. The molecule has 1 N–H and O–H groups in total. The molecule has 1 atom stereocenters. The van der Waals surface area contributed by atoms with E-state index in [2.05, 4.69) is 5.32 Å². The monoisotopic (exact) mass is 285 g/mol. The van der Waals surface area contributed by atoms with Crippen LogP contribution in [0.5, 0.6) is 0 Å². The van der Waals surface area contributed by atoms with Crippen LogP contribution in [-0.4, -0.2) is 26.0 Å². The average molecular weight is 285 g/mol. The highest BCUT2D eigenvalue weighted by molar-refractivity contribution is 7.91. The summed E-state index contributed by atoms with van der Waals surface area (Å²) in [7, 11) is -2.85. The smallest absolute Gasteiger partial charge is 0.150 e. The SMILES string of the molecule is CCC(NC1CCS(=O)(=O)CC1)c1ccccc1F. The van der Waals surface area contributed by atoms with Crippen LogP contribution in [-0.2, 0) is 9.84 Å². The standard InChI is InChI=1S/C14H20FNO2S/c1-2-14(12-5-3-4-6-13(12)15)16-11-7-9-19(17,18)10-8-11/h3-6,11,14,16H,2,7-10H2,1H3. The van der Waals surface area contributed by atoms with Crippen LogP contribution >= 0.6 is 0 Å². The van der Waals surface area contributed by atoms with Crippen LogP contribution in [0.1, 0.15) is 37.8 Å². The Bertz CT molecular complexity index is 516. The molecule has 0 bridgehead atoms. The second-order valence-electron chi connectivity index (χ2n) is 5.08. The molecule has 1 saturated heterocycles. The summed E-state index contributed by atoms with van der Waals surface area (Å²) in [5, 5.41) is 3.40. The van der Waals surface area contributed by atoms with E-state index in [9.17, 15) is 12.8 Å². The van der Waals surface area contributed by atoms with Crippen molar-refractivity contribution in [1.82, 2.24) is 5.32 Å². The fraction of sp³-hybridized carbons (Fsp3) is 0.571. The van der Waals surface area contributed by atoms with E-state index in [0.717, 1.165) is 6.42 Å².